The topological polar surface area (TPSA) is 0 Å². The zero-order valence-electron chi connectivity index (χ0n) is 13.4. The van der Waals surface area contributed by atoms with Gasteiger partial charge in [-0.2, -0.15) is 0 Å². The van der Waals surface area contributed by atoms with Gasteiger partial charge in [-0.1, -0.05) is 109 Å². The molecule has 24 heavy (non-hydrogen) atoms. The summed E-state index contributed by atoms with van der Waals surface area (Å²) in [6.45, 7) is 0. The van der Waals surface area contributed by atoms with Gasteiger partial charge < -0.3 is 0 Å². The van der Waals surface area contributed by atoms with Crippen molar-refractivity contribution in [3.8, 4) is 0 Å². The normalized spacial score (nSPS) is 11.8. The van der Waals surface area contributed by atoms with E-state index in [4.69, 9.17) is 0 Å². The number of rotatable bonds is 3. The molecule has 0 aliphatic carbocycles. The Morgan fingerprint density at radius 3 is 1.33 bits per heavy atom. The molecule has 0 aliphatic rings. The number of benzene rings is 4. The summed E-state index contributed by atoms with van der Waals surface area (Å²) in [6.07, 6.45) is 8.57. The highest BCUT2D eigenvalue weighted by Crippen LogP contribution is 2.21. The van der Waals surface area contributed by atoms with Crippen molar-refractivity contribution < 1.29 is 0 Å². The summed E-state index contributed by atoms with van der Waals surface area (Å²) in [5, 5.41) is 5.12. The lowest BCUT2D eigenvalue weighted by atomic mass is 10.0. The Labute approximate surface area is 142 Å². The number of fused-ring (bicyclic) bond motifs is 2. The SMILES string of the molecule is C(C=Cc1cccc2ccccc12)=Cc1cccc2ccccc12. The zero-order chi connectivity index (χ0) is 16.2. The van der Waals surface area contributed by atoms with Crippen LogP contribution in [-0.4, -0.2) is 0 Å². The molecule has 0 fully saturated rings. The molecule has 0 saturated heterocycles. The van der Waals surface area contributed by atoms with E-state index in [-0.39, 0.29) is 0 Å². The summed E-state index contributed by atoms with van der Waals surface area (Å²) in [5.74, 6) is 0. The minimum absolute atomic E-state index is 1.25. The van der Waals surface area contributed by atoms with Crippen molar-refractivity contribution in [2.75, 3.05) is 0 Å². The summed E-state index contributed by atoms with van der Waals surface area (Å²) in [6, 6.07) is 29.8. The fraction of sp³-hybridized carbons (Fsp3) is 0. The highest BCUT2D eigenvalue weighted by Gasteiger charge is 1.96. The van der Waals surface area contributed by atoms with Gasteiger partial charge in [0, 0.05) is 0 Å². The van der Waals surface area contributed by atoms with E-state index < -0.39 is 0 Å². The molecule has 114 valence electrons. The first-order valence-corrected chi connectivity index (χ1v) is 8.22. The monoisotopic (exact) mass is 306 g/mol. The van der Waals surface area contributed by atoms with Gasteiger partial charge >= 0.3 is 0 Å². The zero-order valence-corrected chi connectivity index (χ0v) is 13.4. The van der Waals surface area contributed by atoms with Crippen molar-refractivity contribution in [3.63, 3.8) is 0 Å². The Kier molecular flexibility index (Phi) is 3.95. The molecular weight excluding hydrogens is 288 g/mol. The van der Waals surface area contributed by atoms with Gasteiger partial charge in [-0.25, -0.2) is 0 Å². The van der Waals surface area contributed by atoms with Crippen LogP contribution in [0.2, 0.25) is 0 Å². The average molecular weight is 306 g/mol. The van der Waals surface area contributed by atoms with Crippen LogP contribution >= 0.6 is 0 Å². The molecule has 0 heteroatoms. The largest absolute Gasteiger partial charge is 0.0616 e. The van der Waals surface area contributed by atoms with Gasteiger partial charge in [0.25, 0.3) is 0 Å². The highest BCUT2D eigenvalue weighted by atomic mass is 14.0. The van der Waals surface area contributed by atoms with E-state index in [9.17, 15) is 0 Å². The summed E-state index contributed by atoms with van der Waals surface area (Å²) in [4.78, 5) is 0. The molecule has 4 aromatic rings. The molecule has 0 nitrogen and oxygen atoms in total. The van der Waals surface area contributed by atoms with E-state index in [0.717, 1.165) is 0 Å². The van der Waals surface area contributed by atoms with Crippen LogP contribution in [0.1, 0.15) is 11.1 Å². The standard InChI is InChI=1S/C24H18/c1(9-19-13-7-15-21-11-3-5-17-23(19)21)2-10-20-14-8-16-22-12-4-6-18-24(20)22/h1-18H. The molecule has 0 radical (unpaired) electrons. The maximum Gasteiger partial charge on any atom is -0.0111 e. The second kappa shape index (κ2) is 6.55. The Hall–Kier alpha value is -3.12. The van der Waals surface area contributed by atoms with Crippen LogP contribution in [0.25, 0.3) is 33.7 Å². The smallest absolute Gasteiger partial charge is 0.0111 e. The van der Waals surface area contributed by atoms with E-state index in [1.807, 2.05) is 0 Å². The molecule has 0 heterocycles. The fourth-order valence-electron chi connectivity index (χ4n) is 3.11. The average Bonchev–Trinajstić information content (AvgIpc) is 2.65. The van der Waals surface area contributed by atoms with E-state index >= 15 is 0 Å². The van der Waals surface area contributed by atoms with Crippen LogP contribution < -0.4 is 0 Å². The van der Waals surface area contributed by atoms with Crippen molar-refractivity contribution in [2.45, 2.75) is 0 Å². The fourth-order valence-corrected chi connectivity index (χ4v) is 3.11. The Bertz CT molecular complexity index is 954. The van der Waals surface area contributed by atoms with Gasteiger partial charge in [-0.15, -0.1) is 0 Å². The van der Waals surface area contributed by atoms with Gasteiger partial charge in [0.15, 0.2) is 0 Å². The highest BCUT2D eigenvalue weighted by molar-refractivity contribution is 5.92. The molecule has 0 bridgehead atoms. The summed E-state index contributed by atoms with van der Waals surface area (Å²) in [5.41, 5.74) is 2.49. The maximum absolute atomic E-state index is 2.17. The Morgan fingerprint density at radius 1 is 0.417 bits per heavy atom. The van der Waals surface area contributed by atoms with Gasteiger partial charge in [0.2, 0.25) is 0 Å². The van der Waals surface area contributed by atoms with E-state index in [1.54, 1.807) is 0 Å². The van der Waals surface area contributed by atoms with Crippen LogP contribution in [-0.2, 0) is 0 Å². The van der Waals surface area contributed by atoms with Gasteiger partial charge in [-0.05, 0) is 32.7 Å². The quantitative estimate of drug-likeness (QED) is 0.368. The first kappa shape index (κ1) is 14.5. The molecule has 4 rings (SSSR count). The second-order valence-electron chi connectivity index (χ2n) is 5.85. The molecule has 0 aliphatic heterocycles. The predicted molar refractivity (Wildman–Crippen MR) is 106 cm³/mol. The third-order valence-electron chi connectivity index (χ3n) is 4.31. The molecule has 0 aromatic heterocycles. The van der Waals surface area contributed by atoms with Crippen LogP contribution in [0.3, 0.4) is 0 Å². The summed E-state index contributed by atoms with van der Waals surface area (Å²) >= 11 is 0. The van der Waals surface area contributed by atoms with Crippen molar-refractivity contribution in [1.29, 1.82) is 0 Å². The first-order valence-electron chi connectivity index (χ1n) is 8.22. The van der Waals surface area contributed by atoms with Crippen LogP contribution in [0.5, 0.6) is 0 Å². The van der Waals surface area contributed by atoms with Crippen molar-refractivity contribution >= 4 is 33.7 Å². The molecule has 0 spiro atoms. The predicted octanol–water partition coefficient (Wildman–Crippen LogP) is 6.72. The van der Waals surface area contributed by atoms with Crippen LogP contribution in [0.4, 0.5) is 0 Å². The van der Waals surface area contributed by atoms with Crippen molar-refractivity contribution in [3.05, 3.63) is 108 Å². The van der Waals surface area contributed by atoms with E-state index in [0.29, 0.717) is 0 Å². The number of hydrogen-bond acceptors (Lipinski definition) is 0. The maximum atomic E-state index is 2.17. The van der Waals surface area contributed by atoms with Crippen molar-refractivity contribution in [1.82, 2.24) is 0 Å². The molecule has 0 N–H and O–H groups in total. The third kappa shape index (κ3) is 2.87. The van der Waals surface area contributed by atoms with Gasteiger partial charge in [-0.3, -0.25) is 0 Å². The Morgan fingerprint density at radius 2 is 0.833 bits per heavy atom. The third-order valence-corrected chi connectivity index (χ3v) is 4.31. The first-order chi connectivity index (χ1) is 11.9. The van der Waals surface area contributed by atoms with E-state index in [1.165, 1.54) is 32.7 Å². The number of hydrogen-bond donors (Lipinski definition) is 0. The molecule has 0 amide bonds. The van der Waals surface area contributed by atoms with Crippen LogP contribution in [0.15, 0.2) is 97.1 Å². The summed E-state index contributed by atoms with van der Waals surface area (Å²) in [7, 11) is 0. The van der Waals surface area contributed by atoms with Gasteiger partial charge in [0.1, 0.15) is 0 Å². The lowest BCUT2D eigenvalue weighted by Crippen LogP contribution is -1.77. The molecule has 4 aromatic carbocycles. The Balaban J connectivity index is 1.64. The molecular formula is C24H18. The van der Waals surface area contributed by atoms with Crippen LogP contribution in [0, 0.1) is 0 Å². The lowest BCUT2D eigenvalue weighted by molar-refractivity contribution is 1.70. The second-order valence-corrected chi connectivity index (χ2v) is 5.85. The summed E-state index contributed by atoms with van der Waals surface area (Å²) < 4.78 is 0. The molecule has 0 atom stereocenters. The minimum atomic E-state index is 1.25. The molecule has 0 saturated carbocycles. The lowest BCUT2D eigenvalue weighted by Gasteiger charge is -2.01. The number of allylic oxidation sites excluding steroid dienone is 2. The van der Waals surface area contributed by atoms with Gasteiger partial charge in [0.05, 0.1) is 0 Å². The minimum Gasteiger partial charge on any atom is -0.0616 e. The molecule has 0 unspecified atom stereocenters. The van der Waals surface area contributed by atoms with E-state index in [2.05, 4.69) is 109 Å². The van der Waals surface area contributed by atoms with Crippen molar-refractivity contribution in [2.24, 2.45) is 0 Å².